The van der Waals surface area contributed by atoms with Gasteiger partial charge in [-0.1, -0.05) is 34.6 Å². The van der Waals surface area contributed by atoms with Crippen molar-refractivity contribution in [3.05, 3.63) is 0 Å². The van der Waals surface area contributed by atoms with E-state index in [0.717, 1.165) is 19.1 Å². The van der Waals surface area contributed by atoms with Crippen LogP contribution in [0.3, 0.4) is 0 Å². The SMILES string of the molecule is CC(C)COC1C[Si](Cl)(Cl)C1CC(C)(C)C. The Bertz CT molecular complexity index is 236. The van der Waals surface area contributed by atoms with Gasteiger partial charge in [-0.3, -0.25) is 0 Å². The van der Waals surface area contributed by atoms with Crippen LogP contribution in [0.1, 0.15) is 41.0 Å². The fraction of sp³-hybridized carbons (Fsp3) is 1.00. The summed E-state index contributed by atoms with van der Waals surface area (Å²) in [6.07, 6.45) is 1.39. The number of rotatable bonds is 4. The van der Waals surface area contributed by atoms with Crippen LogP contribution >= 0.6 is 22.2 Å². The van der Waals surface area contributed by atoms with E-state index in [1.54, 1.807) is 0 Å². The lowest BCUT2D eigenvalue weighted by molar-refractivity contribution is 0.0209. The lowest BCUT2D eigenvalue weighted by Gasteiger charge is -2.47. The summed E-state index contributed by atoms with van der Waals surface area (Å²) in [7, 11) is 0. The van der Waals surface area contributed by atoms with E-state index in [4.69, 9.17) is 26.9 Å². The van der Waals surface area contributed by atoms with Crippen molar-refractivity contribution in [3.63, 3.8) is 0 Å². The topological polar surface area (TPSA) is 9.23 Å². The number of hydrogen-bond donors (Lipinski definition) is 0. The Hall–Kier alpha value is 0.757. The molecular formula is C12H24Cl2OSi. The molecule has 1 saturated heterocycles. The third-order valence-electron chi connectivity index (χ3n) is 2.94. The van der Waals surface area contributed by atoms with E-state index in [0.29, 0.717) is 17.6 Å². The largest absolute Gasteiger partial charge is 0.378 e. The van der Waals surface area contributed by atoms with Crippen LogP contribution in [0, 0.1) is 11.3 Å². The van der Waals surface area contributed by atoms with Crippen LogP contribution in [0.4, 0.5) is 0 Å². The molecule has 0 radical (unpaired) electrons. The molecule has 2 atom stereocenters. The van der Waals surface area contributed by atoms with Crippen molar-refractivity contribution < 1.29 is 4.74 Å². The lowest BCUT2D eigenvalue weighted by Crippen LogP contribution is -2.52. The Morgan fingerprint density at radius 3 is 2.25 bits per heavy atom. The van der Waals surface area contributed by atoms with Gasteiger partial charge in [0.15, 0.2) is 0 Å². The van der Waals surface area contributed by atoms with Gasteiger partial charge in [-0.05, 0) is 23.8 Å². The highest BCUT2D eigenvalue weighted by Gasteiger charge is 2.56. The van der Waals surface area contributed by atoms with Crippen LogP contribution in [0.25, 0.3) is 0 Å². The first-order valence-corrected chi connectivity index (χ1v) is 10.4. The van der Waals surface area contributed by atoms with E-state index in [1.165, 1.54) is 0 Å². The van der Waals surface area contributed by atoms with Gasteiger partial charge < -0.3 is 4.74 Å². The van der Waals surface area contributed by atoms with Crippen LogP contribution in [-0.4, -0.2) is 19.4 Å². The zero-order valence-corrected chi connectivity index (χ0v) is 13.5. The van der Waals surface area contributed by atoms with E-state index in [9.17, 15) is 0 Å². The summed E-state index contributed by atoms with van der Waals surface area (Å²) in [5.74, 6) is 0.581. The molecule has 0 spiro atoms. The Balaban J connectivity index is 2.49. The summed E-state index contributed by atoms with van der Waals surface area (Å²) >= 11 is 12.8. The molecule has 16 heavy (non-hydrogen) atoms. The molecule has 0 aliphatic carbocycles. The van der Waals surface area contributed by atoms with Gasteiger partial charge in [0, 0.05) is 12.1 Å². The van der Waals surface area contributed by atoms with Crippen molar-refractivity contribution in [1.82, 2.24) is 0 Å². The maximum atomic E-state index is 6.41. The van der Waals surface area contributed by atoms with Crippen LogP contribution in [0.5, 0.6) is 0 Å². The van der Waals surface area contributed by atoms with Gasteiger partial charge in [-0.2, -0.15) is 0 Å². The molecule has 0 amide bonds. The van der Waals surface area contributed by atoms with Crippen LogP contribution in [0.15, 0.2) is 0 Å². The fourth-order valence-electron chi connectivity index (χ4n) is 2.10. The Kier molecular flexibility index (Phi) is 4.79. The smallest absolute Gasteiger partial charge is 0.259 e. The van der Waals surface area contributed by atoms with Gasteiger partial charge in [0.2, 0.25) is 0 Å². The lowest BCUT2D eigenvalue weighted by atomic mass is 9.88. The van der Waals surface area contributed by atoms with Crippen molar-refractivity contribution >= 4 is 28.9 Å². The molecule has 1 aliphatic heterocycles. The van der Waals surface area contributed by atoms with Crippen LogP contribution in [0.2, 0.25) is 11.6 Å². The molecule has 0 bridgehead atoms. The van der Waals surface area contributed by atoms with Gasteiger partial charge in [0.1, 0.15) is 0 Å². The average molecular weight is 283 g/mol. The summed E-state index contributed by atoms with van der Waals surface area (Å²) in [6, 6.07) is 0.906. The highest BCUT2D eigenvalue weighted by atomic mass is 35.7. The molecule has 0 N–H and O–H groups in total. The molecule has 1 heterocycles. The summed E-state index contributed by atoms with van der Waals surface area (Å²) in [5, 5.41) is 0. The van der Waals surface area contributed by atoms with Crippen LogP contribution in [-0.2, 0) is 4.74 Å². The molecule has 1 nitrogen and oxygen atoms in total. The predicted molar refractivity (Wildman–Crippen MR) is 74.7 cm³/mol. The normalized spacial score (nSPS) is 29.2. The number of halogens is 2. The highest BCUT2D eigenvalue weighted by Crippen LogP contribution is 2.55. The molecule has 1 rings (SSSR count). The van der Waals surface area contributed by atoms with Gasteiger partial charge in [-0.25, -0.2) is 0 Å². The molecule has 0 aromatic rings. The maximum Gasteiger partial charge on any atom is 0.259 e. The third kappa shape index (κ3) is 4.21. The van der Waals surface area contributed by atoms with Crippen molar-refractivity contribution in [2.24, 2.45) is 11.3 Å². The fourth-order valence-corrected chi connectivity index (χ4v) is 6.80. The summed E-state index contributed by atoms with van der Waals surface area (Å²) in [6.45, 7) is 9.88. The first-order chi connectivity index (χ1) is 7.12. The second-order valence-electron chi connectivity index (χ2n) is 6.60. The number of hydrogen-bond acceptors (Lipinski definition) is 1. The zero-order chi connectivity index (χ0) is 12.6. The average Bonchev–Trinajstić information content (AvgIpc) is 2.07. The minimum Gasteiger partial charge on any atom is -0.378 e. The van der Waals surface area contributed by atoms with Crippen LogP contribution < -0.4 is 0 Å². The summed E-state index contributed by atoms with van der Waals surface area (Å²) in [5.41, 5.74) is 0.696. The van der Waals surface area contributed by atoms with E-state index < -0.39 is 6.69 Å². The molecular weight excluding hydrogens is 259 g/mol. The van der Waals surface area contributed by atoms with Crippen molar-refractivity contribution in [2.45, 2.75) is 58.7 Å². The summed E-state index contributed by atoms with van der Waals surface area (Å²) in [4.78, 5) is 0. The van der Waals surface area contributed by atoms with E-state index in [1.807, 2.05) is 0 Å². The minimum absolute atomic E-state index is 0.284. The minimum atomic E-state index is -2.01. The first-order valence-electron chi connectivity index (χ1n) is 6.11. The summed E-state index contributed by atoms with van der Waals surface area (Å²) < 4.78 is 5.90. The molecule has 4 heteroatoms. The Labute approximate surface area is 110 Å². The van der Waals surface area contributed by atoms with Crippen molar-refractivity contribution in [3.8, 4) is 0 Å². The van der Waals surface area contributed by atoms with Gasteiger partial charge >= 0.3 is 0 Å². The first kappa shape index (κ1) is 14.8. The Morgan fingerprint density at radius 2 is 1.88 bits per heavy atom. The molecule has 1 fully saturated rings. The van der Waals surface area contributed by atoms with Crippen molar-refractivity contribution in [1.29, 1.82) is 0 Å². The molecule has 0 aromatic carbocycles. The number of ether oxygens (including phenoxy) is 1. The molecule has 96 valence electrons. The highest BCUT2D eigenvalue weighted by molar-refractivity contribution is 7.47. The van der Waals surface area contributed by atoms with Gasteiger partial charge in [-0.15, -0.1) is 22.2 Å². The predicted octanol–water partition coefficient (Wildman–Crippen LogP) is 4.77. The second-order valence-corrected chi connectivity index (χ2v) is 13.9. The zero-order valence-electron chi connectivity index (χ0n) is 11.0. The molecule has 0 aromatic heterocycles. The standard InChI is InChI=1S/C12H24Cl2OSi/c1-9(2)7-15-10-8-16(13,14)11(10)6-12(3,4)5/h9-11H,6-8H2,1-5H3. The Morgan fingerprint density at radius 1 is 1.31 bits per heavy atom. The van der Waals surface area contributed by atoms with E-state index in [-0.39, 0.29) is 5.41 Å². The van der Waals surface area contributed by atoms with E-state index >= 15 is 0 Å². The van der Waals surface area contributed by atoms with E-state index in [2.05, 4.69) is 34.6 Å². The molecule has 1 aliphatic rings. The third-order valence-corrected chi connectivity index (χ3v) is 8.16. The maximum absolute atomic E-state index is 6.41. The van der Waals surface area contributed by atoms with Gasteiger partial charge in [0.05, 0.1) is 6.10 Å². The second kappa shape index (κ2) is 5.17. The molecule has 2 unspecified atom stereocenters. The van der Waals surface area contributed by atoms with Crippen molar-refractivity contribution in [2.75, 3.05) is 6.61 Å². The van der Waals surface area contributed by atoms with Gasteiger partial charge in [0.25, 0.3) is 6.69 Å². The monoisotopic (exact) mass is 282 g/mol. The quantitative estimate of drug-likeness (QED) is 0.533. The molecule has 0 saturated carbocycles.